The molecule has 0 atom stereocenters. The lowest BCUT2D eigenvalue weighted by molar-refractivity contribution is 0.492. The summed E-state index contributed by atoms with van der Waals surface area (Å²) in [7, 11) is -1.83. The summed E-state index contributed by atoms with van der Waals surface area (Å²) in [6.45, 7) is 11.1. The van der Waals surface area contributed by atoms with Crippen LogP contribution in [0.5, 0.6) is 5.75 Å². The maximum Gasteiger partial charge on any atom is 0.250 e. The number of nitrogen functional groups attached to an aromatic ring is 1. The Hall–Kier alpha value is -1.59. The van der Waals surface area contributed by atoms with Crippen LogP contribution in [0.1, 0.15) is 20.8 Å². The molecule has 0 fully saturated rings. The van der Waals surface area contributed by atoms with Gasteiger partial charge < -0.3 is 10.2 Å². The van der Waals surface area contributed by atoms with Crippen LogP contribution in [0.3, 0.4) is 0 Å². The van der Waals surface area contributed by atoms with Crippen LogP contribution < -0.4 is 10.2 Å². The van der Waals surface area contributed by atoms with Crippen molar-refractivity contribution in [2.24, 2.45) is 0 Å². The second-order valence-electron chi connectivity index (χ2n) is 6.82. The van der Waals surface area contributed by atoms with Gasteiger partial charge >= 0.3 is 0 Å². The largest absolute Gasteiger partial charge is 0.544 e. The van der Waals surface area contributed by atoms with Crippen molar-refractivity contribution in [3.05, 3.63) is 35.7 Å². The van der Waals surface area contributed by atoms with Gasteiger partial charge in [0.05, 0.1) is 0 Å². The van der Waals surface area contributed by atoms with Gasteiger partial charge in [0.1, 0.15) is 11.6 Å². The first-order chi connectivity index (χ1) is 10.1. The molecule has 0 radical (unpaired) electrons. The van der Waals surface area contributed by atoms with E-state index in [0.29, 0.717) is 5.82 Å². The molecule has 22 heavy (non-hydrogen) atoms. The summed E-state index contributed by atoms with van der Waals surface area (Å²) in [5.74, 6) is 1.25. The van der Waals surface area contributed by atoms with Gasteiger partial charge in [-0.15, -0.1) is 0 Å². The first kappa shape index (κ1) is 16.8. The van der Waals surface area contributed by atoms with Crippen molar-refractivity contribution >= 4 is 25.7 Å². The molecule has 1 aromatic carbocycles. The van der Waals surface area contributed by atoms with Crippen LogP contribution in [0.15, 0.2) is 30.5 Å². The Morgan fingerprint density at radius 1 is 1.14 bits per heavy atom. The van der Waals surface area contributed by atoms with E-state index < -0.39 is 8.32 Å². The highest BCUT2D eigenvalue weighted by Gasteiger charge is 2.38. The van der Waals surface area contributed by atoms with Crippen molar-refractivity contribution in [1.29, 1.82) is 0 Å². The van der Waals surface area contributed by atoms with Gasteiger partial charge in [0.15, 0.2) is 0 Å². The minimum absolute atomic E-state index is 0.152. The normalized spacial score (nSPS) is 12.3. The van der Waals surface area contributed by atoms with Crippen LogP contribution in [0.4, 0.5) is 5.82 Å². The molecule has 0 bridgehead atoms. The summed E-state index contributed by atoms with van der Waals surface area (Å²) in [6, 6.07) is 7.85. The monoisotopic (exact) mass is 335 g/mol. The lowest BCUT2D eigenvalue weighted by Gasteiger charge is -2.36. The quantitative estimate of drug-likeness (QED) is 0.648. The fourth-order valence-electron chi connectivity index (χ4n) is 1.75. The predicted octanol–water partition coefficient (Wildman–Crippen LogP) is 4.76. The van der Waals surface area contributed by atoms with Crippen molar-refractivity contribution in [2.45, 2.75) is 38.9 Å². The van der Waals surface area contributed by atoms with E-state index in [-0.39, 0.29) is 10.3 Å². The van der Waals surface area contributed by atoms with Gasteiger partial charge in [-0.2, -0.15) is 0 Å². The highest BCUT2D eigenvalue weighted by molar-refractivity contribution is 6.74. The molecule has 6 heteroatoms. The lowest BCUT2D eigenvalue weighted by Crippen LogP contribution is -2.43. The van der Waals surface area contributed by atoms with Gasteiger partial charge in [-0.3, -0.25) is 0 Å². The van der Waals surface area contributed by atoms with Crippen LogP contribution in [-0.4, -0.2) is 18.3 Å². The first-order valence-electron chi connectivity index (χ1n) is 7.17. The number of aromatic nitrogens is 2. The molecule has 0 saturated heterocycles. The van der Waals surface area contributed by atoms with Crippen LogP contribution in [0.2, 0.25) is 23.4 Å². The zero-order valence-electron chi connectivity index (χ0n) is 13.6. The minimum atomic E-state index is -1.83. The van der Waals surface area contributed by atoms with E-state index >= 15 is 0 Å². The number of nitrogens with two attached hydrogens (primary N) is 1. The van der Waals surface area contributed by atoms with Crippen LogP contribution in [0.25, 0.3) is 11.1 Å². The van der Waals surface area contributed by atoms with Crippen molar-refractivity contribution in [3.63, 3.8) is 0 Å². The molecule has 0 amide bonds. The van der Waals surface area contributed by atoms with Crippen molar-refractivity contribution in [2.75, 3.05) is 5.73 Å². The molecule has 1 heterocycles. The molecule has 1 aromatic heterocycles. The molecule has 2 rings (SSSR count). The molecule has 0 aliphatic heterocycles. The van der Waals surface area contributed by atoms with E-state index in [1.54, 1.807) is 6.20 Å². The van der Waals surface area contributed by atoms with Crippen molar-refractivity contribution in [1.82, 2.24) is 9.97 Å². The topological polar surface area (TPSA) is 61.0 Å². The third-order valence-electron chi connectivity index (χ3n) is 4.13. The number of hydrogen-bond acceptors (Lipinski definition) is 4. The second-order valence-corrected chi connectivity index (χ2v) is 11.9. The van der Waals surface area contributed by atoms with Crippen LogP contribution in [0, 0.1) is 0 Å². The maximum atomic E-state index is 6.26. The number of rotatable bonds is 3. The Balaban J connectivity index is 2.24. The van der Waals surface area contributed by atoms with E-state index in [1.807, 2.05) is 24.3 Å². The summed E-state index contributed by atoms with van der Waals surface area (Å²) >= 11 is 5.73. The fraction of sp³-hybridized carbons (Fsp3) is 0.375. The molecule has 0 saturated carbocycles. The summed E-state index contributed by atoms with van der Waals surface area (Å²) in [5, 5.41) is 0.319. The number of nitrogens with zero attached hydrogens (tertiary/aromatic N) is 2. The Kier molecular flexibility index (Phi) is 4.49. The van der Waals surface area contributed by atoms with Crippen molar-refractivity contribution < 1.29 is 4.43 Å². The third kappa shape index (κ3) is 3.59. The second kappa shape index (κ2) is 5.89. The van der Waals surface area contributed by atoms with Gasteiger partial charge in [0.2, 0.25) is 13.6 Å². The summed E-state index contributed by atoms with van der Waals surface area (Å²) < 4.78 is 6.26. The average Bonchev–Trinajstić information content (AvgIpc) is 2.38. The summed E-state index contributed by atoms with van der Waals surface area (Å²) in [5.41, 5.74) is 7.60. The lowest BCUT2D eigenvalue weighted by atomic mass is 10.1. The SMILES string of the molecule is CC(C)(C)[Si](C)(C)Oc1ccc(-c2cnc(Cl)nc2N)cc1. The molecule has 118 valence electrons. The van der Waals surface area contributed by atoms with Crippen LogP contribution in [-0.2, 0) is 0 Å². The van der Waals surface area contributed by atoms with Gasteiger partial charge in [0.25, 0.3) is 0 Å². The molecular formula is C16H22ClN3OSi. The third-order valence-corrected chi connectivity index (χ3v) is 8.67. The number of benzene rings is 1. The standard InChI is InChI=1S/C16H22ClN3OSi/c1-16(2,3)22(4,5)21-12-8-6-11(7-9-12)13-10-19-15(17)20-14(13)18/h6-10H,1-5H3,(H2,18,19,20). The minimum Gasteiger partial charge on any atom is -0.544 e. The molecule has 4 nitrogen and oxygen atoms in total. The molecule has 0 aliphatic rings. The molecule has 0 unspecified atom stereocenters. The van der Waals surface area contributed by atoms with Crippen LogP contribution >= 0.6 is 11.6 Å². The van der Waals surface area contributed by atoms with Gasteiger partial charge in [0, 0.05) is 11.8 Å². The summed E-state index contributed by atoms with van der Waals surface area (Å²) in [6.07, 6.45) is 1.63. The van der Waals surface area contributed by atoms with Gasteiger partial charge in [-0.25, -0.2) is 9.97 Å². The van der Waals surface area contributed by atoms with E-state index in [2.05, 4.69) is 43.8 Å². The highest BCUT2D eigenvalue weighted by atomic mass is 35.5. The van der Waals surface area contributed by atoms with E-state index in [9.17, 15) is 0 Å². The zero-order chi connectivity index (χ0) is 16.5. The molecule has 0 spiro atoms. The van der Waals surface area contributed by atoms with Crippen molar-refractivity contribution in [3.8, 4) is 16.9 Å². The average molecular weight is 336 g/mol. The molecule has 2 aromatic rings. The van der Waals surface area contributed by atoms with Gasteiger partial charge in [-0.1, -0.05) is 32.9 Å². The molecular weight excluding hydrogens is 314 g/mol. The summed E-state index contributed by atoms with van der Waals surface area (Å²) in [4.78, 5) is 7.95. The van der Waals surface area contributed by atoms with Gasteiger partial charge in [-0.05, 0) is 47.4 Å². The fourth-order valence-corrected chi connectivity index (χ4v) is 2.92. The number of halogens is 1. The Morgan fingerprint density at radius 2 is 1.73 bits per heavy atom. The Bertz CT molecular complexity index is 666. The smallest absolute Gasteiger partial charge is 0.250 e. The number of anilines is 1. The predicted molar refractivity (Wildman–Crippen MR) is 94.7 cm³/mol. The maximum absolute atomic E-state index is 6.26. The molecule has 0 aliphatic carbocycles. The Morgan fingerprint density at radius 3 is 2.23 bits per heavy atom. The first-order valence-corrected chi connectivity index (χ1v) is 10.5. The van der Waals surface area contributed by atoms with E-state index in [1.165, 1.54) is 0 Å². The zero-order valence-corrected chi connectivity index (χ0v) is 15.4. The molecule has 2 N–H and O–H groups in total. The van der Waals surface area contributed by atoms with E-state index in [0.717, 1.165) is 16.9 Å². The highest BCUT2D eigenvalue weighted by Crippen LogP contribution is 2.37. The number of hydrogen-bond donors (Lipinski definition) is 1. The Labute approximate surface area is 137 Å². The van der Waals surface area contributed by atoms with E-state index in [4.69, 9.17) is 21.8 Å².